The summed E-state index contributed by atoms with van der Waals surface area (Å²) >= 11 is 0. The van der Waals surface area contributed by atoms with Crippen molar-refractivity contribution >= 4 is 55.2 Å². The summed E-state index contributed by atoms with van der Waals surface area (Å²) in [5, 5.41) is 21.7. The molecule has 50 heavy (non-hydrogen) atoms. The highest BCUT2D eigenvalue weighted by molar-refractivity contribution is 7.91. The predicted octanol–water partition coefficient (Wildman–Crippen LogP) is 0.674. The first kappa shape index (κ1) is 43.2. The molecule has 2 saturated heterocycles. The fraction of sp³-hybridized carbons (Fsp3) is 0.424. The fourth-order valence-electron chi connectivity index (χ4n) is 4.38. The fourth-order valence-corrected chi connectivity index (χ4v) is 6.78. The van der Waals surface area contributed by atoms with Crippen molar-refractivity contribution in [2.75, 3.05) is 91.8 Å². The van der Waals surface area contributed by atoms with Crippen molar-refractivity contribution in [3.05, 3.63) is 88.2 Å². The summed E-state index contributed by atoms with van der Waals surface area (Å²) in [7, 11) is -5.75. The molecule has 0 aromatic heterocycles. The SMILES string of the molecule is C.O=Cc1ccc(N2CCS(=O)(=O)CC2)cc1.[C-]#[N+]/C(=C\c1ccc(N2CCS(=O)(=O)CC2)cc1)C(=O)NCCO.[C-]#[N+]CC(=O)NCCO. The van der Waals surface area contributed by atoms with Gasteiger partial charge in [0.2, 0.25) is 5.91 Å². The molecule has 0 spiro atoms. The van der Waals surface area contributed by atoms with Gasteiger partial charge in [-0.25, -0.2) is 28.3 Å². The van der Waals surface area contributed by atoms with Gasteiger partial charge in [0, 0.05) is 56.2 Å². The average Bonchev–Trinajstić information content (AvgIpc) is 3.10. The summed E-state index contributed by atoms with van der Waals surface area (Å²) in [6, 6.07) is 14.4. The Balaban J connectivity index is 0.000000414. The quantitative estimate of drug-likeness (QED) is 0.152. The first-order valence-electron chi connectivity index (χ1n) is 15.1. The highest BCUT2D eigenvalue weighted by atomic mass is 32.2. The van der Waals surface area contributed by atoms with E-state index in [-0.39, 0.29) is 74.9 Å². The molecule has 0 aliphatic carbocycles. The number of rotatable bonds is 10. The van der Waals surface area contributed by atoms with Crippen molar-refractivity contribution in [3.63, 3.8) is 0 Å². The lowest BCUT2D eigenvalue weighted by atomic mass is 10.1. The van der Waals surface area contributed by atoms with E-state index in [0.717, 1.165) is 17.7 Å². The van der Waals surface area contributed by atoms with E-state index < -0.39 is 25.6 Å². The maximum atomic E-state index is 11.7. The third-order valence-corrected chi connectivity index (χ3v) is 10.3. The molecule has 2 fully saturated rings. The molecule has 2 aliphatic heterocycles. The number of hydrogen-bond donors (Lipinski definition) is 4. The van der Waals surface area contributed by atoms with E-state index in [2.05, 4.69) is 20.3 Å². The number of sulfone groups is 2. The molecular weight excluding hydrogens is 689 g/mol. The van der Waals surface area contributed by atoms with E-state index in [9.17, 15) is 31.2 Å². The van der Waals surface area contributed by atoms with Crippen molar-refractivity contribution in [2.45, 2.75) is 7.43 Å². The van der Waals surface area contributed by atoms with Gasteiger partial charge in [-0.3, -0.25) is 14.4 Å². The third kappa shape index (κ3) is 15.6. The van der Waals surface area contributed by atoms with Gasteiger partial charge in [-0.05, 0) is 48.0 Å². The van der Waals surface area contributed by atoms with Gasteiger partial charge in [-0.15, -0.1) is 0 Å². The Kier molecular flexibility index (Phi) is 19.0. The molecule has 0 saturated carbocycles. The normalized spacial score (nSPS) is 15.9. The van der Waals surface area contributed by atoms with E-state index in [0.29, 0.717) is 37.3 Å². The van der Waals surface area contributed by atoms with Crippen LogP contribution in [0.2, 0.25) is 0 Å². The number of aliphatic hydroxyl groups excluding tert-OH is 2. The molecule has 4 rings (SSSR count). The molecule has 0 bridgehead atoms. The number of hydrogen-bond acceptors (Lipinski definition) is 11. The summed E-state index contributed by atoms with van der Waals surface area (Å²) in [5.41, 5.74) is 3.17. The lowest BCUT2D eigenvalue weighted by molar-refractivity contribution is -0.119. The molecule has 0 atom stereocenters. The maximum Gasteiger partial charge on any atom is 0.300 e. The van der Waals surface area contributed by atoms with Crippen LogP contribution in [0.25, 0.3) is 15.8 Å². The Morgan fingerprint density at radius 3 is 1.54 bits per heavy atom. The van der Waals surface area contributed by atoms with Crippen LogP contribution in [0, 0.1) is 13.1 Å². The minimum absolute atomic E-state index is 0. The second-order valence-electron chi connectivity index (χ2n) is 10.6. The summed E-state index contributed by atoms with van der Waals surface area (Å²) in [5.74, 6) is -0.128. The zero-order valence-electron chi connectivity index (χ0n) is 26.8. The van der Waals surface area contributed by atoms with Crippen LogP contribution in [-0.4, -0.2) is 127 Å². The van der Waals surface area contributed by atoms with Crippen LogP contribution in [0.1, 0.15) is 23.3 Å². The van der Waals surface area contributed by atoms with Gasteiger partial charge < -0.3 is 35.5 Å². The molecule has 0 radical (unpaired) electrons. The number of anilines is 2. The molecule has 2 heterocycles. The summed E-state index contributed by atoms with van der Waals surface area (Å²) in [6.45, 7) is 15.3. The second-order valence-corrected chi connectivity index (χ2v) is 15.2. The molecule has 15 nitrogen and oxygen atoms in total. The Morgan fingerprint density at radius 2 is 1.16 bits per heavy atom. The minimum atomic E-state index is -2.92. The zero-order chi connectivity index (χ0) is 36.3. The maximum absolute atomic E-state index is 11.7. The number of carbonyl (C=O) groups excluding carboxylic acids is 3. The van der Waals surface area contributed by atoms with E-state index in [1.807, 2.05) is 34.1 Å². The monoisotopic (exact) mass is 732 g/mol. The molecule has 2 aromatic rings. The standard InChI is InChI=1S/C16H19N3O4S.C11H13NO3S.C5H8N2O2.CH4/c1-17-15(16(21)18-6-9-20)12-13-2-4-14(5-3-13)19-7-10-24(22,23)11-8-19;13-9-10-1-3-11(4-2-10)12-5-7-16(14,15)8-6-12;1-6-4-5(9)7-2-3-8;/h2-5,12,20H,6-11H2,(H,18,21);1-4,9H,5-8H2;8H,2-4H2,(H,7,9);1H4/b15-12-;;;. The lowest BCUT2D eigenvalue weighted by Crippen LogP contribution is -2.40. The Hall–Kier alpha value is -4.81. The first-order chi connectivity index (χ1) is 23.4. The number of aliphatic hydroxyl groups is 2. The number of carbonyl (C=O) groups is 3. The molecule has 2 aromatic carbocycles. The number of aldehydes is 1. The van der Waals surface area contributed by atoms with Crippen LogP contribution in [-0.2, 0) is 29.3 Å². The predicted molar refractivity (Wildman–Crippen MR) is 193 cm³/mol. The van der Waals surface area contributed by atoms with E-state index in [4.69, 9.17) is 23.4 Å². The van der Waals surface area contributed by atoms with Crippen LogP contribution >= 0.6 is 0 Å². The molecule has 4 N–H and O–H groups in total. The van der Waals surface area contributed by atoms with Crippen molar-refractivity contribution in [1.29, 1.82) is 0 Å². The number of amides is 2. The summed E-state index contributed by atoms with van der Waals surface area (Å²) in [6.07, 6.45) is 2.27. The van der Waals surface area contributed by atoms with E-state index >= 15 is 0 Å². The van der Waals surface area contributed by atoms with Crippen LogP contribution in [0.3, 0.4) is 0 Å². The molecule has 17 heteroatoms. The third-order valence-electron chi connectivity index (χ3n) is 7.05. The highest BCUT2D eigenvalue weighted by Crippen LogP contribution is 2.20. The number of nitrogens with one attached hydrogen (secondary N) is 2. The van der Waals surface area contributed by atoms with Gasteiger partial charge in [-0.1, -0.05) is 19.6 Å². The van der Waals surface area contributed by atoms with Gasteiger partial charge in [-0.2, -0.15) is 0 Å². The minimum Gasteiger partial charge on any atom is -0.395 e. The van der Waals surface area contributed by atoms with Gasteiger partial charge in [0.05, 0.1) is 42.8 Å². The Bertz CT molecular complexity index is 1710. The van der Waals surface area contributed by atoms with Gasteiger partial charge in [0.15, 0.2) is 19.7 Å². The van der Waals surface area contributed by atoms with Crippen LogP contribution in [0.5, 0.6) is 0 Å². The van der Waals surface area contributed by atoms with Gasteiger partial charge >= 0.3 is 0 Å². The largest absolute Gasteiger partial charge is 0.395 e. The van der Waals surface area contributed by atoms with Crippen molar-refractivity contribution in [1.82, 2.24) is 10.6 Å². The van der Waals surface area contributed by atoms with Crippen molar-refractivity contribution in [3.8, 4) is 0 Å². The Labute approximate surface area is 294 Å². The molecule has 2 aliphatic rings. The highest BCUT2D eigenvalue weighted by Gasteiger charge is 2.22. The molecule has 272 valence electrons. The molecule has 2 amide bonds. The topological polar surface area (TPSA) is 199 Å². The lowest BCUT2D eigenvalue weighted by Gasteiger charge is -2.28. The van der Waals surface area contributed by atoms with Gasteiger partial charge in [0.1, 0.15) is 6.29 Å². The number of benzene rings is 2. The average molecular weight is 733 g/mol. The zero-order valence-corrected chi connectivity index (χ0v) is 28.5. The molecule has 0 unspecified atom stereocenters. The second kappa shape index (κ2) is 22.0. The number of nitrogens with zero attached hydrogens (tertiary/aromatic N) is 4. The smallest absolute Gasteiger partial charge is 0.300 e. The molecular formula is C33H44N6O9S2. The van der Waals surface area contributed by atoms with Crippen LogP contribution in [0.4, 0.5) is 11.4 Å². The summed E-state index contributed by atoms with van der Waals surface area (Å²) < 4.78 is 45.4. The van der Waals surface area contributed by atoms with Crippen LogP contribution in [0.15, 0.2) is 54.2 Å². The first-order valence-corrected chi connectivity index (χ1v) is 18.8. The van der Waals surface area contributed by atoms with Crippen molar-refractivity contribution < 1.29 is 41.4 Å². The van der Waals surface area contributed by atoms with Crippen molar-refractivity contribution in [2.24, 2.45) is 0 Å². The van der Waals surface area contributed by atoms with Gasteiger partial charge in [0.25, 0.3) is 18.1 Å². The Morgan fingerprint density at radius 1 is 0.740 bits per heavy atom. The van der Waals surface area contributed by atoms with E-state index in [1.165, 1.54) is 6.08 Å². The van der Waals surface area contributed by atoms with E-state index in [1.54, 1.807) is 24.3 Å². The van der Waals surface area contributed by atoms with Crippen LogP contribution < -0.4 is 20.4 Å². The summed E-state index contributed by atoms with van der Waals surface area (Å²) in [4.78, 5) is 42.7.